The molecule has 1 N–H and O–H groups in total. The average molecular weight is 281 g/mol. The number of fused-ring (bicyclic) bond motifs is 2. The lowest BCUT2D eigenvalue weighted by Gasteiger charge is -2.23. The molecule has 5 nitrogen and oxygen atoms in total. The zero-order chi connectivity index (χ0) is 14.2. The second-order valence-electron chi connectivity index (χ2n) is 5.36. The molecule has 1 aromatic carbocycles. The Morgan fingerprint density at radius 1 is 1.33 bits per heavy atom. The smallest absolute Gasteiger partial charge is 0.287 e. The van der Waals surface area contributed by atoms with E-state index in [-0.39, 0.29) is 11.9 Å². The second kappa shape index (κ2) is 4.77. The van der Waals surface area contributed by atoms with Crippen LogP contribution in [0.1, 0.15) is 22.7 Å². The zero-order valence-electron chi connectivity index (χ0n) is 11.5. The monoisotopic (exact) mass is 281 g/mol. The van der Waals surface area contributed by atoms with Gasteiger partial charge in [-0.2, -0.15) is 5.10 Å². The van der Waals surface area contributed by atoms with E-state index in [0.29, 0.717) is 5.76 Å². The minimum absolute atomic E-state index is 0.134. The first kappa shape index (κ1) is 12.2. The van der Waals surface area contributed by atoms with Crippen LogP contribution in [0, 0.1) is 0 Å². The molecule has 2 aromatic heterocycles. The fraction of sp³-hybridized carbons (Fsp3) is 0.250. The number of furan rings is 1. The number of hydrogen-bond acceptors (Lipinski definition) is 3. The van der Waals surface area contributed by atoms with Crippen molar-refractivity contribution in [2.24, 2.45) is 0 Å². The van der Waals surface area contributed by atoms with Crippen LogP contribution < -0.4 is 5.32 Å². The maximum atomic E-state index is 12.3. The lowest BCUT2D eigenvalue weighted by Crippen LogP contribution is -2.40. The van der Waals surface area contributed by atoms with Crippen molar-refractivity contribution in [3.63, 3.8) is 0 Å². The highest BCUT2D eigenvalue weighted by Crippen LogP contribution is 2.20. The standard InChI is InChI=1S/C16H15N3O2/c20-16(15-9-11-3-1-2-4-14(11)21-15)18-12-6-8-19-13(10-12)5-7-17-19/h1-5,7,9,12H,6,8,10H2,(H,18,20)/t12-/m0/s1. The molecule has 1 amide bonds. The second-order valence-corrected chi connectivity index (χ2v) is 5.36. The predicted octanol–water partition coefficient (Wildman–Crippen LogP) is 2.37. The molecule has 1 atom stereocenters. The Kier molecular flexibility index (Phi) is 2.77. The summed E-state index contributed by atoms with van der Waals surface area (Å²) in [6, 6.07) is 11.6. The van der Waals surface area contributed by atoms with Gasteiger partial charge in [-0.1, -0.05) is 18.2 Å². The summed E-state index contributed by atoms with van der Waals surface area (Å²) in [5.74, 6) is 0.222. The van der Waals surface area contributed by atoms with Crippen molar-refractivity contribution in [3.8, 4) is 0 Å². The maximum Gasteiger partial charge on any atom is 0.287 e. The van der Waals surface area contributed by atoms with Gasteiger partial charge in [0.1, 0.15) is 5.58 Å². The van der Waals surface area contributed by atoms with Gasteiger partial charge in [-0.3, -0.25) is 9.48 Å². The number of nitrogens with zero attached hydrogens (tertiary/aromatic N) is 2. The van der Waals surface area contributed by atoms with E-state index in [0.717, 1.165) is 36.0 Å². The van der Waals surface area contributed by atoms with E-state index in [2.05, 4.69) is 10.4 Å². The summed E-state index contributed by atoms with van der Waals surface area (Å²) in [5, 5.41) is 8.24. The van der Waals surface area contributed by atoms with Gasteiger partial charge in [-0.15, -0.1) is 0 Å². The van der Waals surface area contributed by atoms with E-state index in [1.54, 1.807) is 12.3 Å². The van der Waals surface area contributed by atoms with Gasteiger partial charge in [0.05, 0.1) is 0 Å². The van der Waals surface area contributed by atoms with Gasteiger partial charge in [-0.05, 0) is 24.6 Å². The Hall–Kier alpha value is -2.56. The molecule has 1 aliphatic rings. The van der Waals surface area contributed by atoms with Crippen LogP contribution in [0.4, 0.5) is 0 Å². The van der Waals surface area contributed by atoms with Crippen LogP contribution in [-0.4, -0.2) is 21.7 Å². The van der Waals surface area contributed by atoms with Crippen molar-refractivity contribution in [1.82, 2.24) is 15.1 Å². The summed E-state index contributed by atoms with van der Waals surface area (Å²) in [7, 11) is 0. The summed E-state index contributed by atoms with van der Waals surface area (Å²) >= 11 is 0. The van der Waals surface area contributed by atoms with Crippen molar-refractivity contribution < 1.29 is 9.21 Å². The number of aromatic nitrogens is 2. The number of para-hydroxylation sites is 1. The molecule has 106 valence electrons. The quantitative estimate of drug-likeness (QED) is 0.784. The van der Waals surface area contributed by atoms with Crippen molar-refractivity contribution in [2.45, 2.75) is 25.4 Å². The van der Waals surface area contributed by atoms with Gasteiger partial charge in [-0.25, -0.2) is 0 Å². The normalized spacial score (nSPS) is 17.6. The SMILES string of the molecule is O=C(N[C@H]1CCn2nccc2C1)c1cc2ccccc2o1. The number of rotatable bonds is 2. The Bertz CT molecular complexity index is 770. The molecule has 3 aromatic rings. The van der Waals surface area contributed by atoms with Crippen LogP contribution in [0.25, 0.3) is 11.0 Å². The van der Waals surface area contributed by atoms with E-state index in [9.17, 15) is 4.79 Å². The molecule has 0 saturated carbocycles. The fourth-order valence-corrected chi connectivity index (χ4v) is 2.84. The number of aryl methyl sites for hydroxylation is 1. The third-order valence-corrected chi connectivity index (χ3v) is 3.93. The molecular formula is C16H15N3O2. The predicted molar refractivity (Wildman–Crippen MR) is 78.0 cm³/mol. The van der Waals surface area contributed by atoms with Crippen LogP contribution in [0.5, 0.6) is 0 Å². The summed E-state index contributed by atoms with van der Waals surface area (Å²) in [6.07, 6.45) is 3.51. The van der Waals surface area contributed by atoms with Gasteiger partial charge >= 0.3 is 0 Å². The van der Waals surface area contributed by atoms with Crippen molar-refractivity contribution in [3.05, 3.63) is 54.0 Å². The Balaban J connectivity index is 1.51. The summed E-state index contributed by atoms with van der Waals surface area (Å²) in [4.78, 5) is 12.3. The van der Waals surface area contributed by atoms with Crippen LogP contribution in [0.15, 0.2) is 47.0 Å². The van der Waals surface area contributed by atoms with E-state index in [1.807, 2.05) is 35.0 Å². The van der Waals surface area contributed by atoms with Crippen LogP contribution in [0.2, 0.25) is 0 Å². The topological polar surface area (TPSA) is 60.1 Å². The number of benzene rings is 1. The first-order valence-electron chi connectivity index (χ1n) is 7.10. The van der Waals surface area contributed by atoms with Gasteiger partial charge in [0.15, 0.2) is 5.76 Å². The van der Waals surface area contributed by atoms with Crippen molar-refractivity contribution in [2.75, 3.05) is 0 Å². The molecule has 0 bridgehead atoms. The molecule has 0 saturated heterocycles. The number of hydrogen-bond donors (Lipinski definition) is 1. The highest BCUT2D eigenvalue weighted by Gasteiger charge is 2.22. The first-order chi connectivity index (χ1) is 10.3. The molecule has 3 heterocycles. The molecule has 0 unspecified atom stereocenters. The molecule has 5 heteroatoms. The summed E-state index contributed by atoms with van der Waals surface area (Å²) in [5.41, 5.74) is 1.90. The van der Waals surface area contributed by atoms with Gasteiger partial charge < -0.3 is 9.73 Å². The Morgan fingerprint density at radius 3 is 3.14 bits per heavy atom. The van der Waals surface area contributed by atoms with Crippen LogP contribution >= 0.6 is 0 Å². The van der Waals surface area contributed by atoms with E-state index in [1.165, 1.54) is 0 Å². The molecule has 0 fully saturated rings. The number of carbonyl (C=O) groups excluding carboxylic acids is 1. The lowest BCUT2D eigenvalue weighted by atomic mass is 10.0. The lowest BCUT2D eigenvalue weighted by molar-refractivity contribution is 0.0904. The van der Waals surface area contributed by atoms with Crippen LogP contribution in [-0.2, 0) is 13.0 Å². The molecule has 1 aliphatic heterocycles. The van der Waals surface area contributed by atoms with Gasteiger partial charge in [0, 0.05) is 36.3 Å². The summed E-state index contributed by atoms with van der Waals surface area (Å²) in [6.45, 7) is 0.841. The highest BCUT2D eigenvalue weighted by molar-refractivity contribution is 5.96. The number of amides is 1. The molecule has 4 rings (SSSR count). The first-order valence-corrected chi connectivity index (χ1v) is 7.10. The molecule has 21 heavy (non-hydrogen) atoms. The zero-order valence-corrected chi connectivity index (χ0v) is 11.5. The average Bonchev–Trinajstić information content (AvgIpc) is 3.13. The van der Waals surface area contributed by atoms with Crippen molar-refractivity contribution >= 4 is 16.9 Å². The fourth-order valence-electron chi connectivity index (χ4n) is 2.84. The molecule has 0 radical (unpaired) electrons. The molecular weight excluding hydrogens is 266 g/mol. The van der Waals surface area contributed by atoms with Crippen molar-refractivity contribution in [1.29, 1.82) is 0 Å². The highest BCUT2D eigenvalue weighted by atomic mass is 16.3. The number of nitrogens with one attached hydrogen (secondary N) is 1. The van der Waals surface area contributed by atoms with Crippen LogP contribution in [0.3, 0.4) is 0 Å². The third-order valence-electron chi connectivity index (χ3n) is 3.93. The Morgan fingerprint density at radius 2 is 2.24 bits per heavy atom. The minimum atomic E-state index is -0.149. The van der Waals surface area contributed by atoms with E-state index < -0.39 is 0 Å². The minimum Gasteiger partial charge on any atom is -0.451 e. The summed E-state index contributed by atoms with van der Waals surface area (Å²) < 4.78 is 7.59. The molecule has 0 spiro atoms. The Labute approximate surface area is 121 Å². The number of carbonyl (C=O) groups is 1. The van der Waals surface area contributed by atoms with E-state index >= 15 is 0 Å². The largest absolute Gasteiger partial charge is 0.451 e. The van der Waals surface area contributed by atoms with Gasteiger partial charge in [0.2, 0.25) is 0 Å². The van der Waals surface area contributed by atoms with Gasteiger partial charge in [0.25, 0.3) is 5.91 Å². The molecule has 0 aliphatic carbocycles. The maximum absolute atomic E-state index is 12.3. The van der Waals surface area contributed by atoms with E-state index in [4.69, 9.17) is 4.42 Å². The third kappa shape index (κ3) is 2.20.